The van der Waals surface area contributed by atoms with E-state index in [1.165, 1.54) is 24.0 Å². The first kappa shape index (κ1) is 14.3. The third kappa shape index (κ3) is 4.50. The average Bonchev–Trinajstić information content (AvgIpc) is 3.12. The summed E-state index contributed by atoms with van der Waals surface area (Å²) in [7, 11) is 2.16. The van der Waals surface area contributed by atoms with Crippen molar-refractivity contribution in [3.05, 3.63) is 23.4 Å². The predicted molar refractivity (Wildman–Crippen MR) is 81.5 cm³/mol. The Labute approximate surface area is 117 Å². The normalized spacial score (nSPS) is 15.0. The molecule has 1 aromatic rings. The molecule has 0 aliphatic heterocycles. The van der Waals surface area contributed by atoms with Crippen LogP contribution in [0.3, 0.4) is 0 Å². The van der Waals surface area contributed by atoms with E-state index in [0.29, 0.717) is 5.92 Å². The van der Waals surface area contributed by atoms with E-state index in [1.54, 1.807) is 0 Å². The molecule has 1 N–H and O–H groups in total. The second-order valence-electron chi connectivity index (χ2n) is 6.33. The third-order valence-electron chi connectivity index (χ3n) is 3.58. The number of hydrogen-bond acceptors (Lipinski definition) is 3. The molecule has 0 bridgehead atoms. The fourth-order valence-corrected chi connectivity index (χ4v) is 2.40. The highest BCUT2D eigenvalue weighted by Gasteiger charge is 2.23. The number of hydrogen-bond donors (Lipinski definition) is 1. The lowest BCUT2D eigenvalue weighted by Gasteiger charge is -2.20. The molecule has 3 nitrogen and oxygen atoms in total. The van der Waals surface area contributed by atoms with Crippen molar-refractivity contribution in [1.82, 2.24) is 10.3 Å². The van der Waals surface area contributed by atoms with Crippen molar-refractivity contribution in [2.24, 2.45) is 11.8 Å². The minimum Gasteiger partial charge on any atom is -0.359 e. The number of pyridine rings is 1. The second-order valence-corrected chi connectivity index (χ2v) is 6.33. The lowest BCUT2D eigenvalue weighted by Crippen LogP contribution is -2.23. The van der Waals surface area contributed by atoms with Gasteiger partial charge in [0.05, 0.1) is 0 Å². The van der Waals surface area contributed by atoms with Gasteiger partial charge in [-0.25, -0.2) is 4.98 Å². The smallest absolute Gasteiger partial charge is 0.131 e. The molecule has 0 amide bonds. The summed E-state index contributed by atoms with van der Waals surface area (Å²) in [6.07, 6.45) is 4.79. The van der Waals surface area contributed by atoms with Crippen LogP contribution in [-0.4, -0.2) is 25.1 Å². The maximum atomic E-state index is 4.64. The van der Waals surface area contributed by atoms with Crippen molar-refractivity contribution >= 4 is 5.82 Å². The molecule has 0 unspecified atom stereocenters. The zero-order chi connectivity index (χ0) is 13.8. The Morgan fingerprint density at radius 2 is 2.16 bits per heavy atom. The van der Waals surface area contributed by atoms with Gasteiger partial charge in [-0.2, -0.15) is 0 Å². The summed E-state index contributed by atoms with van der Waals surface area (Å²) in [6.45, 7) is 9.75. The summed E-state index contributed by atoms with van der Waals surface area (Å²) >= 11 is 0. The van der Waals surface area contributed by atoms with Crippen LogP contribution in [0.4, 0.5) is 5.82 Å². The maximum absolute atomic E-state index is 4.64. The number of aromatic nitrogens is 1. The molecule has 1 saturated carbocycles. The lowest BCUT2D eigenvalue weighted by atomic mass is 10.1. The van der Waals surface area contributed by atoms with Gasteiger partial charge in [0.15, 0.2) is 0 Å². The molecule has 19 heavy (non-hydrogen) atoms. The Morgan fingerprint density at radius 1 is 1.42 bits per heavy atom. The highest BCUT2D eigenvalue weighted by molar-refractivity contribution is 5.46. The standard InChI is InChI=1S/C16H27N3/c1-12(2)8-17-9-15-7-13(3)16(18-10-15)19(4)11-14-5-6-14/h7,10,12,14,17H,5-6,8-9,11H2,1-4H3. The molecular weight excluding hydrogens is 234 g/mol. The molecular formula is C16H27N3. The largest absolute Gasteiger partial charge is 0.359 e. The zero-order valence-electron chi connectivity index (χ0n) is 12.7. The SMILES string of the molecule is Cc1cc(CNCC(C)C)cnc1N(C)CC1CC1. The topological polar surface area (TPSA) is 28.2 Å². The first-order chi connectivity index (χ1) is 9.06. The summed E-state index contributed by atoms with van der Waals surface area (Å²) in [4.78, 5) is 6.95. The number of anilines is 1. The van der Waals surface area contributed by atoms with Crippen LogP contribution in [0.15, 0.2) is 12.3 Å². The van der Waals surface area contributed by atoms with Crippen LogP contribution in [0.2, 0.25) is 0 Å². The van der Waals surface area contributed by atoms with Crippen LogP contribution in [0.1, 0.15) is 37.8 Å². The first-order valence-corrected chi connectivity index (χ1v) is 7.43. The minimum absolute atomic E-state index is 0.693. The maximum Gasteiger partial charge on any atom is 0.131 e. The van der Waals surface area contributed by atoms with Gasteiger partial charge in [0.1, 0.15) is 5.82 Å². The Morgan fingerprint density at radius 3 is 2.74 bits per heavy atom. The summed E-state index contributed by atoms with van der Waals surface area (Å²) in [5, 5.41) is 3.47. The molecule has 106 valence electrons. The van der Waals surface area contributed by atoms with Gasteiger partial charge < -0.3 is 10.2 Å². The molecule has 1 fully saturated rings. The van der Waals surface area contributed by atoms with Gasteiger partial charge >= 0.3 is 0 Å². The van der Waals surface area contributed by atoms with Crippen molar-refractivity contribution in [2.45, 2.75) is 40.2 Å². The number of nitrogens with one attached hydrogen (secondary N) is 1. The van der Waals surface area contributed by atoms with Crippen LogP contribution in [0.25, 0.3) is 0 Å². The van der Waals surface area contributed by atoms with Gasteiger partial charge in [0.25, 0.3) is 0 Å². The molecule has 0 atom stereocenters. The Kier molecular flexibility index (Phi) is 4.81. The lowest BCUT2D eigenvalue weighted by molar-refractivity contribution is 0.551. The van der Waals surface area contributed by atoms with Gasteiger partial charge in [0.2, 0.25) is 0 Å². The number of aryl methyl sites for hydroxylation is 1. The van der Waals surface area contributed by atoms with Gasteiger partial charge in [-0.15, -0.1) is 0 Å². The zero-order valence-corrected chi connectivity index (χ0v) is 12.7. The van der Waals surface area contributed by atoms with E-state index in [1.807, 2.05) is 6.20 Å². The van der Waals surface area contributed by atoms with Gasteiger partial charge in [-0.05, 0) is 55.3 Å². The van der Waals surface area contributed by atoms with E-state index in [2.05, 4.69) is 49.1 Å². The van der Waals surface area contributed by atoms with Crippen molar-refractivity contribution in [3.63, 3.8) is 0 Å². The summed E-state index contributed by atoms with van der Waals surface area (Å²) in [5.74, 6) is 2.73. The van der Waals surface area contributed by atoms with Crippen LogP contribution < -0.4 is 10.2 Å². The second kappa shape index (κ2) is 6.38. The number of rotatable bonds is 7. The van der Waals surface area contributed by atoms with E-state index in [9.17, 15) is 0 Å². The monoisotopic (exact) mass is 261 g/mol. The van der Waals surface area contributed by atoms with Crippen molar-refractivity contribution in [3.8, 4) is 0 Å². The quantitative estimate of drug-likeness (QED) is 0.818. The molecule has 1 aliphatic carbocycles. The fraction of sp³-hybridized carbons (Fsp3) is 0.688. The highest BCUT2D eigenvalue weighted by Crippen LogP contribution is 2.31. The van der Waals surface area contributed by atoms with Crippen LogP contribution >= 0.6 is 0 Å². The van der Waals surface area contributed by atoms with Gasteiger partial charge in [-0.3, -0.25) is 0 Å². The summed E-state index contributed by atoms with van der Waals surface area (Å²) in [6, 6.07) is 2.26. The highest BCUT2D eigenvalue weighted by atomic mass is 15.2. The molecule has 0 radical (unpaired) electrons. The molecule has 1 aliphatic rings. The molecule has 3 heteroatoms. The molecule has 0 saturated heterocycles. The van der Waals surface area contributed by atoms with Crippen LogP contribution in [0, 0.1) is 18.8 Å². The molecule has 1 aromatic heterocycles. The summed E-state index contributed by atoms with van der Waals surface area (Å²) < 4.78 is 0. The number of nitrogens with zero attached hydrogens (tertiary/aromatic N) is 2. The first-order valence-electron chi connectivity index (χ1n) is 7.43. The molecule has 0 aromatic carbocycles. The minimum atomic E-state index is 0.693. The Hall–Kier alpha value is -1.09. The van der Waals surface area contributed by atoms with Gasteiger partial charge in [-0.1, -0.05) is 13.8 Å². The van der Waals surface area contributed by atoms with Gasteiger partial charge in [0, 0.05) is 26.3 Å². The van der Waals surface area contributed by atoms with Crippen molar-refractivity contribution in [2.75, 3.05) is 25.0 Å². The average molecular weight is 261 g/mol. The fourth-order valence-electron chi connectivity index (χ4n) is 2.40. The summed E-state index contributed by atoms with van der Waals surface area (Å²) in [5.41, 5.74) is 2.56. The molecule has 1 heterocycles. The third-order valence-corrected chi connectivity index (χ3v) is 3.58. The Bertz CT molecular complexity index is 410. The van der Waals surface area contributed by atoms with Crippen molar-refractivity contribution < 1.29 is 0 Å². The van der Waals surface area contributed by atoms with Crippen LogP contribution in [0.5, 0.6) is 0 Å². The van der Waals surface area contributed by atoms with E-state index >= 15 is 0 Å². The predicted octanol–water partition coefficient (Wildman–Crippen LogP) is 2.98. The molecule has 2 rings (SSSR count). The van der Waals surface area contributed by atoms with E-state index in [0.717, 1.165) is 31.4 Å². The van der Waals surface area contributed by atoms with Crippen molar-refractivity contribution in [1.29, 1.82) is 0 Å². The molecule has 0 spiro atoms. The van der Waals surface area contributed by atoms with E-state index in [-0.39, 0.29) is 0 Å². The van der Waals surface area contributed by atoms with Crippen LogP contribution in [-0.2, 0) is 6.54 Å². The van der Waals surface area contributed by atoms with E-state index in [4.69, 9.17) is 0 Å². The van der Waals surface area contributed by atoms with E-state index < -0.39 is 0 Å². The Balaban J connectivity index is 1.91.